The molecule has 0 saturated carbocycles. The van der Waals surface area contributed by atoms with E-state index in [0.29, 0.717) is 0 Å². The van der Waals surface area contributed by atoms with Crippen LogP contribution in [0.3, 0.4) is 0 Å². The van der Waals surface area contributed by atoms with Crippen LogP contribution in [0.1, 0.15) is 24.2 Å². The number of rotatable bonds is 3. The van der Waals surface area contributed by atoms with E-state index in [9.17, 15) is 0 Å². The predicted molar refractivity (Wildman–Crippen MR) is 116 cm³/mol. The van der Waals surface area contributed by atoms with E-state index in [1.807, 2.05) is 48.8 Å². The Labute approximate surface area is 168 Å². The van der Waals surface area contributed by atoms with Crippen LogP contribution in [-0.2, 0) is 0 Å². The Morgan fingerprint density at radius 2 is 1.69 bits per heavy atom. The van der Waals surface area contributed by atoms with Crippen LogP contribution in [0.5, 0.6) is 0 Å². The van der Waals surface area contributed by atoms with E-state index in [2.05, 4.69) is 52.5 Å². The van der Waals surface area contributed by atoms with Crippen LogP contribution in [0.2, 0.25) is 0 Å². The van der Waals surface area contributed by atoms with E-state index in [0.717, 1.165) is 50.3 Å². The van der Waals surface area contributed by atoms with E-state index in [-0.39, 0.29) is 6.04 Å². The third-order valence-corrected chi connectivity index (χ3v) is 5.17. The number of pyridine rings is 1. The zero-order chi connectivity index (χ0) is 20.0. The minimum atomic E-state index is -0.0000415. The van der Waals surface area contributed by atoms with Crippen molar-refractivity contribution in [1.82, 2.24) is 19.6 Å². The molecule has 5 nitrogen and oxygen atoms in total. The summed E-state index contributed by atoms with van der Waals surface area (Å²) in [6.07, 6.45) is 1.87. The van der Waals surface area contributed by atoms with E-state index < -0.39 is 0 Å². The molecule has 29 heavy (non-hydrogen) atoms. The Bertz CT molecular complexity index is 1320. The van der Waals surface area contributed by atoms with Gasteiger partial charge >= 0.3 is 0 Å². The second-order valence-electron chi connectivity index (χ2n) is 7.39. The highest BCUT2D eigenvalue weighted by Crippen LogP contribution is 2.33. The van der Waals surface area contributed by atoms with Gasteiger partial charge in [0.05, 0.1) is 11.4 Å². The summed E-state index contributed by atoms with van der Waals surface area (Å²) in [5, 5.41) is 5.55. The molecule has 0 aliphatic heterocycles. The van der Waals surface area contributed by atoms with Gasteiger partial charge in [0.15, 0.2) is 11.3 Å². The van der Waals surface area contributed by atoms with Crippen LogP contribution < -0.4 is 5.73 Å². The van der Waals surface area contributed by atoms with Crippen LogP contribution in [0, 0.1) is 6.92 Å². The fraction of sp³-hybridized carbons (Fsp3) is 0.125. The summed E-state index contributed by atoms with van der Waals surface area (Å²) in [5.74, 6) is 0. The lowest BCUT2D eigenvalue weighted by Crippen LogP contribution is -2.04. The summed E-state index contributed by atoms with van der Waals surface area (Å²) in [6.45, 7) is 3.95. The van der Waals surface area contributed by atoms with E-state index >= 15 is 0 Å². The van der Waals surface area contributed by atoms with Crippen LogP contribution in [0.25, 0.3) is 39.1 Å². The molecule has 0 radical (unpaired) electrons. The molecule has 5 rings (SSSR count). The fourth-order valence-electron chi connectivity index (χ4n) is 3.66. The lowest BCUT2D eigenvalue weighted by molar-refractivity contribution is 0.818. The normalized spacial score (nSPS) is 12.5. The van der Waals surface area contributed by atoms with Crippen molar-refractivity contribution in [2.45, 2.75) is 19.9 Å². The lowest BCUT2D eigenvalue weighted by atomic mass is 9.97. The first-order chi connectivity index (χ1) is 14.1. The Kier molecular flexibility index (Phi) is 4.11. The van der Waals surface area contributed by atoms with Gasteiger partial charge in [0.25, 0.3) is 0 Å². The van der Waals surface area contributed by atoms with Crippen molar-refractivity contribution >= 4 is 16.7 Å². The van der Waals surface area contributed by atoms with Crippen molar-refractivity contribution in [2.24, 2.45) is 5.73 Å². The zero-order valence-electron chi connectivity index (χ0n) is 16.4. The summed E-state index contributed by atoms with van der Waals surface area (Å²) in [6, 6.07) is 22.7. The van der Waals surface area contributed by atoms with Crippen LogP contribution in [0.4, 0.5) is 0 Å². The van der Waals surface area contributed by atoms with Crippen LogP contribution in [0.15, 0.2) is 72.9 Å². The SMILES string of the molecule is Cc1cc2ncc3cc(-c4ccccc4)c(-c4ccc([C@@H](C)N)cc4)nc3n2n1. The maximum Gasteiger partial charge on any atom is 0.165 e. The number of hydrogen-bond donors (Lipinski definition) is 1. The minimum absolute atomic E-state index is 0.0000415. The lowest BCUT2D eigenvalue weighted by Gasteiger charge is -2.13. The van der Waals surface area contributed by atoms with Crippen molar-refractivity contribution in [3.8, 4) is 22.4 Å². The second-order valence-corrected chi connectivity index (χ2v) is 7.39. The Morgan fingerprint density at radius 3 is 2.41 bits per heavy atom. The monoisotopic (exact) mass is 379 g/mol. The molecule has 1 atom stereocenters. The number of aryl methyl sites for hydroxylation is 1. The van der Waals surface area contributed by atoms with Gasteiger partial charge in [-0.25, -0.2) is 9.97 Å². The quantitative estimate of drug-likeness (QED) is 0.482. The van der Waals surface area contributed by atoms with Crippen LogP contribution in [-0.4, -0.2) is 19.6 Å². The van der Waals surface area contributed by atoms with Gasteiger partial charge in [0, 0.05) is 34.8 Å². The van der Waals surface area contributed by atoms with E-state index in [4.69, 9.17) is 10.7 Å². The smallest absolute Gasteiger partial charge is 0.165 e. The average molecular weight is 379 g/mol. The topological polar surface area (TPSA) is 69.1 Å². The standard InChI is InChI=1S/C24H21N5/c1-15-12-22-26-14-20-13-21(18-6-4-3-5-7-18)23(27-24(20)29(22)28-15)19-10-8-17(9-11-19)16(2)25/h3-14,16H,25H2,1-2H3/t16-/m1/s1. The number of aromatic nitrogens is 4. The number of nitrogens with two attached hydrogens (primary N) is 1. The summed E-state index contributed by atoms with van der Waals surface area (Å²) < 4.78 is 1.82. The molecule has 2 aromatic carbocycles. The molecule has 5 aromatic rings. The van der Waals surface area contributed by atoms with Crippen molar-refractivity contribution in [3.05, 3.63) is 84.2 Å². The van der Waals surface area contributed by atoms with Gasteiger partial charge in [-0.15, -0.1) is 0 Å². The zero-order valence-corrected chi connectivity index (χ0v) is 16.4. The number of nitrogens with zero attached hydrogens (tertiary/aromatic N) is 4. The predicted octanol–water partition coefficient (Wildman–Crippen LogP) is 4.94. The van der Waals surface area contributed by atoms with Gasteiger partial charge in [-0.05, 0) is 31.0 Å². The molecule has 0 unspecified atom stereocenters. The summed E-state index contributed by atoms with van der Waals surface area (Å²) in [4.78, 5) is 9.61. The number of fused-ring (bicyclic) bond motifs is 3. The average Bonchev–Trinajstić information content (AvgIpc) is 3.14. The molecular weight excluding hydrogens is 358 g/mol. The van der Waals surface area contributed by atoms with Gasteiger partial charge in [-0.1, -0.05) is 54.6 Å². The Morgan fingerprint density at radius 1 is 0.931 bits per heavy atom. The highest BCUT2D eigenvalue weighted by Gasteiger charge is 2.14. The van der Waals surface area contributed by atoms with Gasteiger partial charge in [0.1, 0.15) is 0 Å². The Hall–Kier alpha value is -3.57. The molecule has 5 heteroatoms. The van der Waals surface area contributed by atoms with Crippen LogP contribution >= 0.6 is 0 Å². The van der Waals surface area contributed by atoms with Crippen molar-refractivity contribution < 1.29 is 0 Å². The van der Waals surface area contributed by atoms with Gasteiger partial charge in [-0.2, -0.15) is 9.61 Å². The minimum Gasteiger partial charge on any atom is -0.324 e. The number of benzene rings is 2. The fourth-order valence-corrected chi connectivity index (χ4v) is 3.66. The summed E-state index contributed by atoms with van der Waals surface area (Å²) in [5.41, 5.74) is 13.8. The third kappa shape index (κ3) is 3.05. The maximum absolute atomic E-state index is 6.03. The first-order valence-electron chi connectivity index (χ1n) is 9.67. The molecular formula is C24H21N5. The van der Waals surface area contributed by atoms with Gasteiger partial charge in [-0.3, -0.25) is 0 Å². The first kappa shape index (κ1) is 17.5. The maximum atomic E-state index is 6.03. The largest absolute Gasteiger partial charge is 0.324 e. The molecule has 0 saturated heterocycles. The highest BCUT2D eigenvalue weighted by atomic mass is 15.3. The third-order valence-electron chi connectivity index (χ3n) is 5.17. The molecule has 3 aromatic heterocycles. The molecule has 0 fully saturated rings. The number of hydrogen-bond acceptors (Lipinski definition) is 4. The van der Waals surface area contributed by atoms with Gasteiger partial charge < -0.3 is 5.73 Å². The molecule has 142 valence electrons. The molecule has 0 aliphatic carbocycles. The van der Waals surface area contributed by atoms with E-state index in [1.165, 1.54) is 0 Å². The van der Waals surface area contributed by atoms with E-state index in [1.54, 1.807) is 0 Å². The van der Waals surface area contributed by atoms with Crippen molar-refractivity contribution in [1.29, 1.82) is 0 Å². The molecule has 0 bridgehead atoms. The molecule has 0 aliphatic rings. The summed E-state index contributed by atoms with van der Waals surface area (Å²) >= 11 is 0. The first-order valence-corrected chi connectivity index (χ1v) is 9.67. The van der Waals surface area contributed by atoms with Gasteiger partial charge in [0.2, 0.25) is 0 Å². The second kappa shape index (κ2) is 6.79. The summed E-state index contributed by atoms with van der Waals surface area (Å²) in [7, 11) is 0. The molecule has 0 amide bonds. The molecule has 0 spiro atoms. The molecule has 3 heterocycles. The van der Waals surface area contributed by atoms with Crippen molar-refractivity contribution in [2.75, 3.05) is 0 Å². The molecule has 2 N–H and O–H groups in total. The highest BCUT2D eigenvalue weighted by molar-refractivity contribution is 5.90. The van der Waals surface area contributed by atoms with Crippen molar-refractivity contribution in [3.63, 3.8) is 0 Å². The Balaban J connectivity index is 1.81.